The molecule has 3 aliphatic heterocycles. The zero-order chi connectivity index (χ0) is 47.9. The predicted octanol–water partition coefficient (Wildman–Crippen LogP) is 5.01. The lowest BCUT2D eigenvalue weighted by Gasteiger charge is -2.36. The molecule has 4 amide bonds. The van der Waals surface area contributed by atoms with Crippen LogP contribution in [-0.4, -0.2) is 124 Å². The van der Waals surface area contributed by atoms with Gasteiger partial charge in [0.05, 0.1) is 25.5 Å². The number of likely N-dealkylation sites (tertiary alicyclic amines) is 2. The number of amides is 4. The summed E-state index contributed by atoms with van der Waals surface area (Å²) in [6.45, 7) is 8.29. The van der Waals surface area contributed by atoms with Gasteiger partial charge < -0.3 is 29.3 Å². The largest absolute Gasteiger partial charge is 0.493 e. The van der Waals surface area contributed by atoms with Crippen LogP contribution in [0, 0.1) is 5.41 Å². The van der Waals surface area contributed by atoms with Crippen LogP contribution in [-0.2, 0) is 45.2 Å². The first-order valence-electron chi connectivity index (χ1n) is 23.7. The maximum atomic E-state index is 14.2. The zero-order valence-corrected chi connectivity index (χ0v) is 40.3. The first kappa shape index (κ1) is 52.1. The van der Waals surface area contributed by atoms with Crippen molar-refractivity contribution in [3.63, 3.8) is 0 Å². The van der Waals surface area contributed by atoms with Gasteiger partial charge in [-0.05, 0) is 132 Å². The summed E-state index contributed by atoms with van der Waals surface area (Å²) < 4.78 is 45.3. The molecule has 2 aromatic rings. The minimum atomic E-state index is -3.69. The molecule has 16 nitrogen and oxygen atoms in total. The van der Waals surface area contributed by atoms with E-state index in [1.807, 2.05) is 43.3 Å². The summed E-state index contributed by atoms with van der Waals surface area (Å²) in [7, 11) is -0.514. The van der Waals surface area contributed by atoms with Crippen LogP contribution >= 0.6 is 0 Å². The van der Waals surface area contributed by atoms with Crippen molar-refractivity contribution in [2.24, 2.45) is 5.41 Å². The molecule has 5 rings (SSSR count). The number of piperidine rings is 3. The molecular formula is C49H71N5O11S. The molecule has 66 heavy (non-hydrogen) atoms. The summed E-state index contributed by atoms with van der Waals surface area (Å²) in [5.41, 5.74) is 1.06. The molecule has 17 heteroatoms. The maximum absolute atomic E-state index is 14.2. The number of carbonyl (C=O) groups is 6. The number of nitrogens with zero attached hydrogens (tertiary/aromatic N) is 2. The average Bonchev–Trinajstić information content (AvgIpc) is 3.32. The van der Waals surface area contributed by atoms with Crippen LogP contribution < -0.4 is 29.6 Å². The monoisotopic (exact) mass is 937 g/mol. The molecule has 3 aliphatic rings. The van der Waals surface area contributed by atoms with Crippen molar-refractivity contribution in [2.45, 2.75) is 140 Å². The van der Waals surface area contributed by atoms with Crippen LogP contribution in [0.4, 0.5) is 0 Å². The minimum absolute atomic E-state index is 0.0796. The highest BCUT2D eigenvalue weighted by atomic mass is 32.2. The topological polar surface area (TPSA) is 207 Å². The highest BCUT2D eigenvalue weighted by Crippen LogP contribution is 2.34. The highest BCUT2D eigenvalue weighted by molar-refractivity contribution is 7.90. The summed E-state index contributed by atoms with van der Waals surface area (Å²) in [4.78, 5) is 81.1. The van der Waals surface area contributed by atoms with E-state index in [-0.39, 0.29) is 49.4 Å². The fraction of sp³-hybridized carbons (Fsp3) is 0.633. The van der Waals surface area contributed by atoms with Crippen LogP contribution in [0.1, 0.15) is 128 Å². The number of nitrogens with one attached hydrogen (secondary N) is 3. The molecule has 3 atom stereocenters. The lowest BCUT2D eigenvalue weighted by Crippen LogP contribution is -2.54. The highest BCUT2D eigenvalue weighted by Gasteiger charge is 2.40. The smallest absolute Gasteiger partial charge is 0.291 e. The van der Waals surface area contributed by atoms with Crippen molar-refractivity contribution in [2.75, 3.05) is 53.6 Å². The molecule has 2 aromatic carbocycles. The van der Waals surface area contributed by atoms with Gasteiger partial charge in [0.1, 0.15) is 11.8 Å². The molecule has 0 radical (unpaired) electrons. The minimum Gasteiger partial charge on any atom is -0.493 e. The Morgan fingerprint density at radius 1 is 0.894 bits per heavy atom. The van der Waals surface area contributed by atoms with E-state index in [0.29, 0.717) is 82.0 Å². The van der Waals surface area contributed by atoms with E-state index >= 15 is 0 Å². The number of Topliss-reactive ketones (excluding diaryl/α,β-unsaturated/α-hetero) is 2. The van der Waals surface area contributed by atoms with Gasteiger partial charge in [0.15, 0.2) is 23.9 Å². The van der Waals surface area contributed by atoms with Crippen LogP contribution in [0.5, 0.6) is 17.2 Å². The number of hydrogen-bond acceptors (Lipinski definition) is 12. The second-order valence-corrected chi connectivity index (χ2v) is 20.5. The lowest BCUT2D eigenvalue weighted by atomic mass is 9.82. The predicted molar refractivity (Wildman–Crippen MR) is 250 cm³/mol. The Morgan fingerprint density at radius 2 is 1.64 bits per heavy atom. The van der Waals surface area contributed by atoms with Gasteiger partial charge in [0.25, 0.3) is 11.8 Å². The van der Waals surface area contributed by atoms with Crippen molar-refractivity contribution in [1.29, 1.82) is 0 Å². The van der Waals surface area contributed by atoms with Gasteiger partial charge in [-0.25, -0.2) is 13.1 Å². The third-order valence-electron chi connectivity index (χ3n) is 13.4. The number of sulfonamides is 1. The van der Waals surface area contributed by atoms with Gasteiger partial charge >= 0.3 is 0 Å². The van der Waals surface area contributed by atoms with E-state index in [0.717, 1.165) is 56.2 Å². The SMILES string of the molecule is CCC(C)(C)C(=O)C(=O)N1CCCCC1C(=O)C[C@H](CCc1ccc(OC)c(OC)c1)c1cccc(OCC(=O)NCCCCCCN2CCC(S(=O)(=O)NC3CCC(=O)NC3=O)CC2)c1. The van der Waals surface area contributed by atoms with Crippen LogP contribution in [0.2, 0.25) is 0 Å². The lowest BCUT2D eigenvalue weighted by molar-refractivity contribution is -0.153. The molecule has 0 bridgehead atoms. The number of benzene rings is 2. The summed E-state index contributed by atoms with van der Waals surface area (Å²) in [6, 6.07) is 11.6. The number of aryl methyl sites for hydroxylation is 1. The van der Waals surface area contributed by atoms with Crippen LogP contribution in [0.15, 0.2) is 42.5 Å². The standard InChI is InChI=1S/C49H71N5O11S/c1-6-49(2,3)46(58)48(60)54-27-12-9-16-40(54)41(55)32-36(19-17-34-18-21-42(63-4)43(30-34)64-5)35-14-13-15-37(31-35)65-33-45(57)50-25-10-7-8-11-26-53-28-23-38(24-29-53)66(61,62)52-39-20-22-44(56)51-47(39)59/h13-15,18,21,30-31,36,38-40,52H,6-12,16-17,19-20,22-29,32-33H2,1-5H3,(H,50,57)(H,51,56,59)/t36-,39?,40?/m0/s1. The number of ketones is 2. The molecule has 3 N–H and O–H groups in total. The van der Waals surface area contributed by atoms with Crippen molar-refractivity contribution >= 4 is 45.2 Å². The Hall–Kier alpha value is -4.87. The van der Waals surface area contributed by atoms with Gasteiger partial charge in [-0.1, -0.05) is 51.8 Å². The second-order valence-electron chi connectivity index (χ2n) is 18.5. The summed E-state index contributed by atoms with van der Waals surface area (Å²) >= 11 is 0. The molecule has 0 saturated carbocycles. The first-order chi connectivity index (χ1) is 31.5. The third kappa shape index (κ3) is 14.8. The van der Waals surface area contributed by atoms with E-state index in [1.165, 1.54) is 4.90 Å². The zero-order valence-electron chi connectivity index (χ0n) is 39.5. The quantitative estimate of drug-likeness (QED) is 0.0683. The summed E-state index contributed by atoms with van der Waals surface area (Å²) in [6.07, 6.45) is 8.83. The molecule has 3 heterocycles. The van der Waals surface area contributed by atoms with Gasteiger partial charge in [-0.3, -0.25) is 34.1 Å². The number of carbonyl (C=O) groups excluding carboxylic acids is 6. The fourth-order valence-corrected chi connectivity index (χ4v) is 10.5. The Labute approximate surface area is 390 Å². The Balaban J connectivity index is 1.08. The van der Waals surface area contributed by atoms with Gasteiger partial charge in [-0.15, -0.1) is 0 Å². The molecule has 3 saturated heterocycles. The molecular weight excluding hydrogens is 867 g/mol. The Morgan fingerprint density at radius 3 is 2.35 bits per heavy atom. The number of ether oxygens (including phenoxy) is 3. The van der Waals surface area contributed by atoms with Gasteiger partial charge in [0.2, 0.25) is 27.6 Å². The molecule has 364 valence electrons. The van der Waals surface area contributed by atoms with Crippen LogP contribution in [0.3, 0.4) is 0 Å². The first-order valence-corrected chi connectivity index (χ1v) is 25.3. The summed E-state index contributed by atoms with van der Waals surface area (Å²) in [5.74, 6) is -0.869. The van der Waals surface area contributed by atoms with E-state index < -0.39 is 50.4 Å². The second kappa shape index (κ2) is 24.8. The number of imide groups is 1. The molecule has 0 spiro atoms. The maximum Gasteiger partial charge on any atom is 0.291 e. The molecule has 0 aliphatic carbocycles. The van der Waals surface area contributed by atoms with E-state index in [2.05, 4.69) is 20.3 Å². The normalized spacial score (nSPS) is 19.1. The van der Waals surface area contributed by atoms with Crippen molar-refractivity contribution in [1.82, 2.24) is 25.2 Å². The number of unbranched alkanes of at least 4 members (excludes halogenated alkanes) is 3. The molecule has 2 unspecified atom stereocenters. The van der Waals surface area contributed by atoms with Crippen molar-refractivity contribution in [3.05, 3.63) is 53.6 Å². The average molecular weight is 938 g/mol. The van der Waals surface area contributed by atoms with Gasteiger partial charge in [0, 0.05) is 31.3 Å². The fourth-order valence-electron chi connectivity index (χ4n) is 8.88. The Bertz CT molecular complexity index is 2120. The van der Waals surface area contributed by atoms with Crippen molar-refractivity contribution in [3.8, 4) is 17.2 Å². The third-order valence-corrected chi connectivity index (χ3v) is 15.4. The number of hydrogen-bond donors (Lipinski definition) is 3. The summed E-state index contributed by atoms with van der Waals surface area (Å²) in [5, 5.41) is 4.56. The van der Waals surface area contributed by atoms with E-state index in [9.17, 15) is 37.2 Å². The number of rotatable bonds is 25. The molecule has 3 fully saturated rings. The van der Waals surface area contributed by atoms with Crippen molar-refractivity contribution < 1.29 is 51.4 Å². The number of methoxy groups -OCH3 is 2. The van der Waals surface area contributed by atoms with E-state index in [4.69, 9.17) is 14.2 Å². The van der Waals surface area contributed by atoms with E-state index in [1.54, 1.807) is 34.1 Å². The molecule has 0 aromatic heterocycles. The van der Waals surface area contributed by atoms with Crippen LogP contribution in [0.25, 0.3) is 0 Å². The Kier molecular flexibility index (Phi) is 19.6. The van der Waals surface area contributed by atoms with Gasteiger partial charge in [-0.2, -0.15) is 0 Å².